The summed E-state index contributed by atoms with van der Waals surface area (Å²) in [7, 11) is 0. The van der Waals surface area contributed by atoms with E-state index in [0.717, 1.165) is 0 Å². The number of nitrogens with one attached hydrogen (secondary N) is 2. The Balaban J connectivity index is 3.07. The van der Waals surface area contributed by atoms with Gasteiger partial charge in [0.1, 0.15) is 0 Å². The van der Waals surface area contributed by atoms with E-state index >= 15 is 0 Å². The van der Waals surface area contributed by atoms with Crippen LogP contribution in [-0.2, 0) is 4.79 Å². The van der Waals surface area contributed by atoms with Crippen molar-refractivity contribution < 1.29 is 4.79 Å². The van der Waals surface area contributed by atoms with Crippen molar-refractivity contribution >= 4 is 34.6 Å². The van der Waals surface area contributed by atoms with Crippen LogP contribution in [0.4, 0.5) is 11.4 Å². The number of nitrogen functional groups attached to an aromatic ring is 1. The number of amides is 1. The predicted molar refractivity (Wildman–Crippen MR) is 60.9 cm³/mol. The van der Waals surface area contributed by atoms with E-state index in [-0.39, 0.29) is 0 Å². The number of rotatable bonds is 3. The predicted octanol–water partition coefficient (Wildman–Crippen LogP) is 1.53. The lowest BCUT2D eigenvalue weighted by atomic mass is 10.1. The zero-order valence-electron chi connectivity index (χ0n) is 7.70. The first-order valence-corrected chi connectivity index (χ1v) is 5.14. The molecule has 0 spiro atoms. The maximum atomic E-state index is 10.2. The number of carbonyl (C=O) groups is 1. The van der Waals surface area contributed by atoms with Crippen molar-refractivity contribution in [1.82, 2.24) is 0 Å². The fourth-order valence-corrected chi connectivity index (χ4v) is 1.42. The molecule has 1 aromatic rings. The van der Waals surface area contributed by atoms with E-state index in [0.29, 0.717) is 28.4 Å². The molecule has 1 amide bonds. The molecule has 4 N–H and O–H groups in total. The van der Waals surface area contributed by atoms with Gasteiger partial charge in [-0.25, -0.2) is 0 Å². The molecule has 0 heterocycles. The van der Waals surface area contributed by atoms with Crippen LogP contribution in [0, 0.1) is 5.41 Å². The number of thioether (sulfide) groups is 1. The summed E-state index contributed by atoms with van der Waals surface area (Å²) in [4.78, 5) is 10.2. The fraction of sp³-hybridized carbons (Fsp3) is 0.111. The van der Waals surface area contributed by atoms with Crippen molar-refractivity contribution in [3.05, 3.63) is 23.8 Å². The van der Waals surface area contributed by atoms with Crippen LogP contribution in [0.25, 0.3) is 0 Å². The molecule has 0 saturated heterocycles. The van der Waals surface area contributed by atoms with Crippen LogP contribution in [0.1, 0.15) is 5.56 Å². The Morgan fingerprint density at radius 2 is 2.36 bits per heavy atom. The van der Waals surface area contributed by atoms with E-state index in [1.807, 2.05) is 6.26 Å². The summed E-state index contributed by atoms with van der Waals surface area (Å²) in [5.74, 6) is 0. The van der Waals surface area contributed by atoms with Gasteiger partial charge >= 0.3 is 0 Å². The van der Waals surface area contributed by atoms with Crippen molar-refractivity contribution in [1.29, 1.82) is 5.41 Å². The lowest BCUT2D eigenvalue weighted by Gasteiger charge is -2.07. The second kappa shape index (κ2) is 4.66. The monoisotopic (exact) mass is 209 g/mol. The summed E-state index contributed by atoms with van der Waals surface area (Å²) in [6, 6.07) is 5.05. The SMILES string of the molecule is CSC(=N)c1cc(NC=O)ccc1N. The summed E-state index contributed by atoms with van der Waals surface area (Å²) < 4.78 is 0. The Bertz CT molecular complexity index is 365. The molecule has 0 atom stereocenters. The van der Waals surface area contributed by atoms with Gasteiger partial charge in [0.25, 0.3) is 0 Å². The minimum atomic E-state index is 0.386. The average molecular weight is 209 g/mol. The molecule has 1 aromatic carbocycles. The van der Waals surface area contributed by atoms with Crippen LogP contribution in [-0.4, -0.2) is 17.7 Å². The molecule has 5 heteroatoms. The molecule has 4 nitrogen and oxygen atoms in total. The number of benzene rings is 1. The largest absolute Gasteiger partial charge is 0.398 e. The van der Waals surface area contributed by atoms with Crippen molar-refractivity contribution in [2.75, 3.05) is 17.3 Å². The Hall–Kier alpha value is -1.49. The van der Waals surface area contributed by atoms with Crippen molar-refractivity contribution in [2.45, 2.75) is 0 Å². The third-order valence-corrected chi connectivity index (χ3v) is 2.36. The molecule has 1 rings (SSSR count). The summed E-state index contributed by atoms with van der Waals surface area (Å²) in [6.45, 7) is 0. The van der Waals surface area contributed by atoms with Crippen LogP contribution >= 0.6 is 11.8 Å². The molecule has 0 aromatic heterocycles. The third kappa shape index (κ3) is 2.26. The van der Waals surface area contributed by atoms with Crippen LogP contribution in [0.2, 0.25) is 0 Å². The molecule has 0 fully saturated rings. The Morgan fingerprint density at radius 3 is 2.93 bits per heavy atom. The Kier molecular flexibility index (Phi) is 3.53. The van der Waals surface area contributed by atoms with Gasteiger partial charge in [-0.2, -0.15) is 0 Å². The molecule has 14 heavy (non-hydrogen) atoms. The smallest absolute Gasteiger partial charge is 0.211 e. The molecule has 0 aliphatic carbocycles. The quantitative estimate of drug-likeness (QED) is 0.305. The first-order chi connectivity index (χ1) is 6.69. The number of hydrogen-bond donors (Lipinski definition) is 3. The van der Waals surface area contributed by atoms with Crippen molar-refractivity contribution in [2.24, 2.45) is 0 Å². The maximum Gasteiger partial charge on any atom is 0.211 e. The summed E-state index contributed by atoms with van der Waals surface area (Å²) in [6.07, 6.45) is 2.40. The Labute approximate surface area is 86.4 Å². The van der Waals surface area contributed by atoms with Crippen LogP contribution in [0.5, 0.6) is 0 Å². The first-order valence-electron chi connectivity index (χ1n) is 3.91. The van der Waals surface area contributed by atoms with Gasteiger partial charge in [0.05, 0.1) is 5.04 Å². The molecule has 0 bridgehead atoms. The topological polar surface area (TPSA) is 79.0 Å². The highest BCUT2D eigenvalue weighted by molar-refractivity contribution is 8.13. The molecule has 0 saturated carbocycles. The van der Waals surface area contributed by atoms with Crippen molar-refractivity contribution in [3.8, 4) is 0 Å². The van der Waals surface area contributed by atoms with E-state index < -0.39 is 0 Å². The van der Waals surface area contributed by atoms with Gasteiger partial charge in [0.2, 0.25) is 6.41 Å². The second-order valence-corrected chi connectivity index (χ2v) is 3.41. The van der Waals surface area contributed by atoms with Gasteiger partial charge < -0.3 is 11.1 Å². The molecule has 0 aliphatic heterocycles. The van der Waals surface area contributed by atoms with E-state index in [1.165, 1.54) is 11.8 Å². The standard InChI is InChI=1S/C9H11N3OS/c1-14-9(11)7-4-6(12-5-13)2-3-8(7)10/h2-5,11H,10H2,1H3,(H,12,13). The highest BCUT2D eigenvalue weighted by Gasteiger charge is 2.05. The average Bonchev–Trinajstić information content (AvgIpc) is 2.20. The van der Waals surface area contributed by atoms with E-state index in [1.54, 1.807) is 18.2 Å². The summed E-state index contributed by atoms with van der Waals surface area (Å²) in [5.41, 5.74) is 7.52. The third-order valence-electron chi connectivity index (χ3n) is 1.73. The normalized spacial score (nSPS) is 9.50. The molecule has 74 valence electrons. The van der Waals surface area contributed by atoms with Gasteiger partial charge in [0.15, 0.2) is 0 Å². The molecule has 0 aliphatic rings. The molecular formula is C9H11N3OS. The molecule has 0 unspecified atom stereocenters. The number of carbonyl (C=O) groups excluding carboxylic acids is 1. The van der Waals surface area contributed by atoms with Crippen molar-refractivity contribution in [3.63, 3.8) is 0 Å². The first kappa shape index (κ1) is 10.6. The van der Waals surface area contributed by atoms with E-state index in [4.69, 9.17) is 11.1 Å². The zero-order chi connectivity index (χ0) is 10.6. The van der Waals surface area contributed by atoms with E-state index in [2.05, 4.69) is 5.32 Å². The lowest BCUT2D eigenvalue weighted by Crippen LogP contribution is -2.02. The summed E-state index contributed by atoms with van der Waals surface area (Å²) >= 11 is 1.31. The van der Waals surface area contributed by atoms with Gasteiger partial charge in [-0.15, -0.1) is 11.8 Å². The maximum absolute atomic E-state index is 10.2. The highest BCUT2D eigenvalue weighted by Crippen LogP contribution is 2.21. The van der Waals surface area contributed by atoms with Gasteiger partial charge in [-0.1, -0.05) is 0 Å². The Morgan fingerprint density at radius 1 is 1.64 bits per heavy atom. The molecular weight excluding hydrogens is 198 g/mol. The van der Waals surface area contributed by atoms with Crippen LogP contribution in [0.3, 0.4) is 0 Å². The highest BCUT2D eigenvalue weighted by atomic mass is 32.2. The summed E-state index contributed by atoms with van der Waals surface area (Å²) in [5, 5.41) is 10.5. The fourth-order valence-electron chi connectivity index (χ4n) is 1.02. The van der Waals surface area contributed by atoms with Gasteiger partial charge in [0, 0.05) is 16.9 Å². The lowest BCUT2D eigenvalue weighted by molar-refractivity contribution is -0.105. The number of nitrogens with two attached hydrogens (primary N) is 1. The number of anilines is 2. The second-order valence-electron chi connectivity index (χ2n) is 2.60. The van der Waals surface area contributed by atoms with Crippen LogP contribution in [0.15, 0.2) is 18.2 Å². The van der Waals surface area contributed by atoms with E-state index in [9.17, 15) is 4.79 Å². The molecule has 0 radical (unpaired) electrons. The minimum absolute atomic E-state index is 0.386. The number of hydrogen-bond acceptors (Lipinski definition) is 4. The minimum Gasteiger partial charge on any atom is -0.398 e. The van der Waals surface area contributed by atoms with Gasteiger partial charge in [-0.3, -0.25) is 10.2 Å². The van der Waals surface area contributed by atoms with Gasteiger partial charge in [-0.05, 0) is 24.5 Å². The van der Waals surface area contributed by atoms with Crippen LogP contribution < -0.4 is 11.1 Å². The zero-order valence-corrected chi connectivity index (χ0v) is 8.52.